The summed E-state index contributed by atoms with van der Waals surface area (Å²) in [6.07, 6.45) is 0. The molecule has 0 radical (unpaired) electrons. The van der Waals surface area contributed by atoms with E-state index in [-0.39, 0.29) is 29.4 Å². The van der Waals surface area contributed by atoms with Gasteiger partial charge in [0, 0.05) is 10.8 Å². The topological polar surface area (TPSA) is 59.0 Å². The van der Waals surface area contributed by atoms with Crippen molar-refractivity contribution in [2.45, 2.75) is 17.8 Å². The molecular weight excluding hydrogens is 423 g/mol. The second-order valence-electron chi connectivity index (χ2n) is 6.69. The molecule has 0 N–H and O–H groups in total. The van der Waals surface area contributed by atoms with Crippen molar-refractivity contribution < 1.29 is 17.5 Å². The second-order valence-corrected chi connectivity index (χ2v) is 10.2. The molecule has 0 aliphatic carbocycles. The van der Waals surface area contributed by atoms with Crippen LogP contribution in [0.25, 0.3) is 0 Å². The molecule has 0 amide bonds. The third-order valence-corrected chi connectivity index (χ3v) is 7.89. The van der Waals surface area contributed by atoms with Gasteiger partial charge in [0.1, 0.15) is 11.6 Å². The number of methoxy groups -OCH3 is 1. The van der Waals surface area contributed by atoms with E-state index in [4.69, 9.17) is 21.3 Å². The van der Waals surface area contributed by atoms with Gasteiger partial charge in [-0.25, -0.2) is 12.8 Å². The van der Waals surface area contributed by atoms with Gasteiger partial charge in [-0.2, -0.15) is 0 Å². The third kappa shape index (κ3) is 3.73. The predicted octanol–water partition coefficient (Wildman–Crippen LogP) is 3.76. The Kier molecular flexibility index (Phi) is 5.28. The molecule has 1 saturated heterocycles. The Bertz CT molecular complexity index is 1050. The molecule has 148 valence electrons. The quantitative estimate of drug-likeness (QED) is 0.724. The van der Waals surface area contributed by atoms with Gasteiger partial charge in [0.25, 0.3) is 0 Å². The van der Waals surface area contributed by atoms with E-state index in [9.17, 15) is 12.8 Å². The molecule has 2 atom stereocenters. The smallest absolute Gasteiger partial charge is 0.164 e. The zero-order chi connectivity index (χ0) is 19.9. The lowest BCUT2D eigenvalue weighted by Crippen LogP contribution is -2.39. The van der Waals surface area contributed by atoms with Crippen LogP contribution < -0.4 is 9.64 Å². The first-order valence-electron chi connectivity index (χ1n) is 8.65. The van der Waals surface area contributed by atoms with Crippen LogP contribution in [0.5, 0.6) is 5.75 Å². The van der Waals surface area contributed by atoms with Crippen LogP contribution in [0.15, 0.2) is 47.5 Å². The first-order valence-corrected chi connectivity index (χ1v) is 11.8. The fourth-order valence-electron chi connectivity index (χ4n) is 3.52. The van der Waals surface area contributed by atoms with Crippen LogP contribution in [0.4, 0.5) is 10.1 Å². The number of aliphatic imine (C=N–C) groups is 1. The number of anilines is 1. The SMILES string of the molecule is COc1ccccc1N1C(SCc2ccc(F)cc2Cl)=N[C@@H]2CS(=O)(=O)C[C@H]21. The van der Waals surface area contributed by atoms with Gasteiger partial charge in [-0.3, -0.25) is 4.99 Å². The molecule has 2 heterocycles. The molecule has 0 bridgehead atoms. The van der Waals surface area contributed by atoms with Crippen LogP contribution >= 0.6 is 23.4 Å². The Morgan fingerprint density at radius 2 is 2.07 bits per heavy atom. The van der Waals surface area contributed by atoms with E-state index in [0.717, 1.165) is 16.4 Å². The highest BCUT2D eigenvalue weighted by Gasteiger charge is 2.47. The lowest BCUT2D eigenvalue weighted by molar-refractivity contribution is 0.415. The first kappa shape index (κ1) is 19.5. The van der Waals surface area contributed by atoms with E-state index >= 15 is 0 Å². The van der Waals surface area contributed by atoms with Gasteiger partial charge < -0.3 is 9.64 Å². The number of nitrogens with zero attached hydrogens (tertiary/aromatic N) is 2. The van der Waals surface area contributed by atoms with E-state index in [2.05, 4.69) is 0 Å². The van der Waals surface area contributed by atoms with Crippen LogP contribution in [-0.4, -0.2) is 44.3 Å². The Hall–Kier alpha value is -1.77. The number of amidine groups is 1. The monoisotopic (exact) mass is 440 g/mol. The summed E-state index contributed by atoms with van der Waals surface area (Å²) < 4.78 is 43.1. The number of rotatable bonds is 4. The zero-order valence-electron chi connectivity index (χ0n) is 15.0. The molecule has 2 aliphatic rings. The van der Waals surface area contributed by atoms with Crippen molar-refractivity contribution in [1.82, 2.24) is 0 Å². The fourth-order valence-corrected chi connectivity index (χ4v) is 6.80. The summed E-state index contributed by atoms with van der Waals surface area (Å²) in [5.41, 5.74) is 1.58. The van der Waals surface area contributed by atoms with Gasteiger partial charge in [-0.1, -0.05) is 41.6 Å². The van der Waals surface area contributed by atoms with Crippen molar-refractivity contribution in [1.29, 1.82) is 0 Å². The molecule has 9 heteroatoms. The molecule has 0 spiro atoms. The lowest BCUT2D eigenvalue weighted by atomic mass is 10.1. The maximum Gasteiger partial charge on any atom is 0.164 e. The molecule has 28 heavy (non-hydrogen) atoms. The highest BCUT2D eigenvalue weighted by Crippen LogP contribution is 2.40. The van der Waals surface area contributed by atoms with Crippen LogP contribution in [0, 0.1) is 5.82 Å². The molecule has 0 aromatic heterocycles. The fraction of sp³-hybridized carbons (Fsp3) is 0.316. The summed E-state index contributed by atoms with van der Waals surface area (Å²) in [6.45, 7) is 0. The van der Waals surface area contributed by atoms with E-state index in [1.807, 2.05) is 29.2 Å². The van der Waals surface area contributed by atoms with Crippen molar-refractivity contribution in [3.05, 3.63) is 58.9 Å². The second kappa shape index (κ2) is 7.57. The van der Waals surface area contributed by atoms with Gasteiger partial charge in [-0.15, -0.1) is 0 Å². The van der Waals surface area contributed by atoms with Crippen LogP contribution in [0.2, 0.25) is 5.02 Å². The summed E-state index contributed by atoms with van der Waals surface area (Å²) in [5.74, 6) is 0.869. The maximum absolute atomic E-state index is 13.3. The third-order valence-electron chi connectivity index (χ3n) is 4.82. The number of benzene rings is 2. The van der Waals surface area contributed by atoms with Crippen LogP contribution in [0.1, 0.15) is 5.56 Å². The largest absolute Gasteiger partial charge is 0.495 e. The summed E-state index contributed by atoms with van der Waals surface area (Å²) in [5, 5.41) is 1.08. The molecule has 2 aliphatic heterocycles. The van der Waals surface area contributed by atoms with E-state index in [1.54, 1.807) is 13.2 Å². The van der Waals surface area contributed by atoms with Gasteiger partial charge >= 0.3 is 0 Å². The number of thioether (sulfide) groups is 1. The standard InChI is InChI=1S/C19H18ClFN2O3S2/c1-26-18-5-3-2-4-16(18)23-17-11-28(24,25)10-15(17)22-19(23)27-9-12-6-7-13(21)8-14(12)20/h2-8,15,17H,9-11H2,1H3/t15-,17-/m1/s1. The molecule has 0 unspecified atom stereocenters. The molecule has 2 aromatic rings. The van der Waals surface area contributed by atoms with Crippen molar-refractivity contribution in [2.75, 3.05) is 23.5 Å². The minimum Gasteiger partial charge on any atom is -0.495 e. The summed E-state index contributed by atoms with van der Waals surface area (Å²) in [4.78, 5) is 6.65. The Morgan fingerprint density at radius 3 is 2.82 bits per heavy atom. The lowest BCUT2D eigenvalue weighted by Gasteiger charge is -2.28. The van der Waals surface area contributed by atoms with Gasteiger partial charge in [-0.05, 0) is 29.8 Å². The molecule has 1 fully saturated rings. The highest BCUT2D eigenvalue weighted by molar-refractivity contribution is 8.13. The van der Waals surface area contributed by atoms with Crippen LogP contribution in [0.3, 0.4) is 0 Å². The summed E-state index contributed by atoms with van der Waals surface area (Å²) in [6, 6.07) is 11.2. The maximum atomic E-state index is 13.3. The van der Waals surface area contributed by atoms with Crippen molar-refractivity contribution >= 4 is 44.1 Å². The Balaban J connectivity index is 1.66. The predicted molar refractivity (Wildman–Crippen MR) is 112 cm³/mol. The van der Waals surface area contributed by atoms with Gasteiger partial charge in [0.2, 0.25) is 0 Å². The number of ether oxygens (including phenoxy) is 1. The molecule has 0 saturated carbocycles. The zero-order valence-corrected chi connectivity index (χ0v) is 17.4. The van der Waals surface area contributed by atoms with Gasteiger partial charge in [0.05, 0.1) is 36.4 Å². The number of para-hydroxylation sites is 2. The van der Waals surface area contributed by atoms with Crippen molar-refractivity contribution in [3.8, 4) is 5.75 Å². The van der Waals surface area contributed by atoms with Crippen molar-refractivity contribution in [2.24, 2.45) is 4.99 Å². The number of fused-ring (bicyclic) bond motifs is 1. The molecule has 5 nitrogen and oxygen atoms in total. The Morgan fingerprint density at radius 1 is 1.29 bits per heavy atom. The number of halogens is 2. The first-order chi connectivity index (χ1) is 13.4. The summed E-state index contributed by atoms with van der Waals surface area (Å²) >= 11 is 7.60. The van der Waals surface area contributed by atoms with Crippen LogP contribution in [-0.2, 0) is 15.6 Å². The normalized spacial score (nSPS) is 22.8. The number of hydrogen-bond acceptors (Lipinski definition) is 6. The average molecular weight is 441 g/mol. The van der Waals surface area contributed by atoms with Crippen molar-refractivity contribution in [3.63, 3.8) is 0 Å². The molecular formula is C19H18ClFN2O3S2. The molecule has 2 aromatic carbocycles. The number of hydrogen-bond donors (Lipinski definition) is 0. The van der Waals surface area contributed by atoms with E-state index in [0.29, 0.717) is 16.5 Å². The highest BCUT2D eigenvalue weighted by atomic mass is 35.5. The van der Waals surface area contributed by atoms with E-state index < -0.39 is 9.84 Å². The number of sulfone groups is 1. The molecule has 4 rings (SSSR count). The van der Waals surface area contributed by atoms with E-state index in [1.165, 1.54) is 23.9 Å². The average Bonchev–Trinajstić information content (AvgIpc) is 3.12. The minimum atomic E-state index is -3.13. The minimum absolute atomic E-state index is 0.0463. The summed E-state index contributed by atoms with van der Waals surface area (Å²) in [7, 11) is -1.55. The Labute approximate surface area is 172 Å². The van der Waals surface area contributed by atoms with Gasteiger partial charge in [0.15, 0.2) is 15.0 Å².